The van der Waals surface area contributed by atoms with Crippen molar-refractivity contribution in [1.29, 1.82) is 0 Å². The van der Waals surface area contributed by atoms with E-state index in [1.54, 1.807) is 18.3 Å². The molecular weight excluding hydrogens is 224 g/mol. The number of fused-ring (bicyclic) bond motifs is 3. The molecule has 0 saturated carbocycles. The van der Waals surface area contributed by atoms with Crippen LogP contribution in [0, 0.1) is 0 Å². The van der Waals surface area contributed by atoms with Crippen molar-refractivity contribution in [2.24, 2.45) is 0 Å². The number of hydrogen-bond donors (Lipinski definition) is 1. The Morgan fingerprint density at radius 3 is 2.88 bits per heavy atom. The van der Waals surface area contributed by atoms with Gasteiger partial charge < -0.3 is 4.98 Å². The molecule has 0 unspecified atom stereocenters. The molecular formula is C12H7ClN2O. The fourth-order valence-corrected chi connectivity index (χ4v) is 2.01. The molecule has 0 atom stereocenters. The van der Waals surface area contributed by atoms with Crippen LogP contribution in [0.3, 0.4) is 0 Å². The lowest BCUT2D eigenvalue weighted by atomic mass is 10.1. The molecule has 3 rings (SSSR count). The standard InChI is InChI=1S/C12H7ClN2O/c13-7-3-4-8-9-2-1-5-14-11(9)15-12(16)10(8)6-7/h1-6H,(H,14,15,16). The smallest absolute Gasteiger partial charge is 0.257 e. The SMILES string of the molecule is O=c1[nH]c2ncccc2c2ccc(Cl)cc12. The third kappa shape index (κ3) is 1.29. The molecule has 2 aromatic heterocycles. The number of rotatable bonds is 0. The fraction of sp³-hybridized carbons (Fsp3) is 0. The summed E-state index contributed by atoms with van der Waals surface area (Å²) in [7, 11) is 0. The highest BCUT2D eigenvalue weighted by Gasteiger charge is 2.05. The molecule has 0 saturated heterocycles. The van der Waals surface area contributed by atoms with E-state index in [-0.39, 0.29) is 5.56 Å². The van der Waals surface area contributed by atoms with E-state index in [9.17, 15) is 4.79 Å². The van der Waals surface area contributed by atoms with Gasteiger partial charge in [-0.25, -0.2) is 4.98 Å². The lowest BCUT2D eigenvalue weighted by Gasteiger charge is -2.02. The third-order valence-corrected chi connectivity index (χ3v) is 2.79. The lowest BCUT2D eigenvalue weighted by Crippen LogP contribution is -2.06. The highest BCUT2D eigenvalue weighted by molar-refractivity contribution is 6.31. The van der Waals surface area contributed by atoms with Crippen molar-refractivity contribution >= 4 is 33.4 Å². The minimum atomic E-state index is -0.163. The van der Waals surface area contributed by atoms with E-state index in [0.717, 1.165) is 10.8 Å². The molecule has 2 heterocycles. The van der Waals surface area contributed by atoms with E-state index in [2.05, 4.69) is 9.97 Å². The summed E-state index contributed by atoms with van der Waals surface area (Å²) in [5, 5.41) is 2.94. The maximum atomic E-state index is 11.8. The second-order valence-corrected chi connectivity index (χ2v) is 3.98. The molecule has 3 aromatic rings. The predicted molar refractivity (Wildman–Crippen MR) is 64.9 cm³/mol. The van der Waals surface area contributed by atoms with Gasteiger partial charge in [-0.15, -0.1) is 0 Å². The molecule has 1 aromatic carbocycles. The Morgan fingerprint density at radius 2 is 2.00 bits per heavy atom. The number of nitrogens with one attached hydrogen (secondary N) is 1. The molecule has 0 amide bonds. The van der Waals surface area contributed by atoms with Gasteiger partial charge in [-0.2, -0.15) is 0 Å². The summed E-state index contributed by atoms with van der Waals surface area (Å²) in [6.45, 7) is 0. The van der Waals surface area contributed by atoms with Crippen LogP contribution >= 0.6 is 11.6 Å². The topological polar surface area (TPSA) is 45.8 Å². The van der Waals surface area contributed by atoms with E-state index >= 15 is 0 Å². The highest BCUT2D eigenvalue weighted by atomic mass is 35.5. The number of aromatic nitrogens is 2. The highest BCUT2D eigenvalue weighted by Crippen LogP contribution is 2.22. The Bertz CT molecular complexity index is 749. The number of halogens is 1. The summed E-state index contributed by atoms with van der Waals surface area (Å²) in [5.74, 6) is 0. The van der Waals surface area contributed by atoms with Gasteiger partial charge in [0.05, 0.1) is 0 Å². The molecule has 16 heavy (non-hydrogen) atoms. The minimum Gasteiger partial charge on any atom is -0.306 e. The first-order valence-electron chi connectivity index (χ1n) is 4.82. The van der Waals surface area contributed by atoms with Gasteiger partial charge in [-0.3, -0.25) is 4.79 Å². The average Bonchev–Trinajstić information content (AvgIpc) is 2.29. The Kier molecular flexibility index (Phi) is 1.94. The quantitative estimate of drug-likeness (QED) is 0.604. The summed E-state index contributed by atoms with van der Waals surface area (Å²) in [6.07, 6.45) is 1.65. The van der Waals surface area contributed by atoms with E-state index in [1.165, 1.54) is 0 Å². The van der Waals surface area contributed by atoms with Gasteiger partial charge in [-0.05, 0) is 29.7 Å². The van der Waals surface area contributed by atoms with Crippen LogP contribution in [0.15, 0.2) is 41.3 Å². The molecule has 0 bridgehead atoms. The van der Waals surface area contributed by atoms with Crippen LogP contribution in [-0.4, -0.2) is 9.97 Å². The second-order valence-electron chi connectivity index (χ2n) is 3.54. The van der Waals surface area contributed by atoms with Gasteiger partial charge in [0.2, 0.25) is 0 Å². The largest absolute Gasteiger partial charge is 0.306 e. The first kappa shape index (κ1) is 9.36. The average molecular weight is 231 g/mol. The van der Waals surface area contributed by atoms with Crippen LogP contribution in [0.1, 0.15) is 0 Å². The Labute approximate surface area is 95.7 Å². The Hall–Kier alpha value is -1.87. The summed E-state index contributed by atoms with van der Waals surface area (Å²) in [5.41, 5.74) is 0.436. The molecule has 0 aliphatic heterocycles. The monoisotopic (exact) mass is 230 g/mol. The van der Waals surface area contributed by atoms with Crippen LogP contribution in [0.25, 0.3) is 21.8 Å². The van der Waals surface area contributed by atoms with Gasteiger partial charge >= 0.3 is 0 Å². The summed E-state index contributed by atoms with van der Waals surface area (Å²) in [6, 6.07) is 9.05. The van der Waals surface area contributed by atoms with Gasteiger partial charge in [0, 0.05) is 22.0 Å². The predicted octanol–water partition coefficient (Wildman–Crippen LogP) is 2.73. The number of H-pyrrole nitrogens is 1. The number of nitrogens with zero attached hydrogens (tertiary/aromatic N) is 1. The van der Waals surface area contributed by atoms with Crippen molar-refractivity contribution in [2.75, 3.05) is 0 Å². The molecule has 0 fully saturated rings. The van der Waals surface area contributed by atoms with E-state index < -0.39 is 0 Å². The zero-order chi connectivity index (χ0) is 11.1. The number of benzene rings is 1. The van der Waals surface area contributed by atoms with Gasteiger partial charge in [0.1, 0.15) is 5.65 Å². The fourth-order valence-electron chi connectivity index (χ4n) is 1.84. The normalized spacial score (nSPS) is 11.1. The molecule has 78 valence electrons. The third-order valence-electron chi connectivity index (χ3n) is 2.56. The van der Waals surface area contributed by atoms with Gasteiger partial charge in [0.25, 0.3) is 5.56 Å². The van der Waals surface area contributed by atoms with Crippen molar-refractivity contribution in [3.8, 4) is 0 Å². The van der Waals surface area contributed by atoms with Gasteiger partial charge in [-0.1, -0.05) is 17.7 Å². The Balaban J connectivity index is 2.65. The molecule has 0 aliphatic carbocycles. The van der Waals surface area contributed by atoms with Crippen LogP contribution in [0.5, 0.6) is 0 Å². The van der Waals surface area contributed by atoms with Crippen LogP contribution in [0.2, 0.25) is 5.02 Å². The van der Waals surface area contributed by atoms with Crippen molar-refractivity contribution in [3.63, 3.8) is 0 Å². The van der Waals surface area contributed by atoms with Crippen molar-refractivity contribution < 1.29 is 0 Å². The molecule has 0 spiro atoms. The maximum Gasteiger partial charge on any atom is 0.257 e. The van der Waals surface area contributed by atoms with Crippen molar-refractivity contribution in [2.45, 2.75) is 0 Å². The molecule has 0 radical (unpaired) electrons. The second kappa shape index (κ2) is 3.32. The first-order valence-corrected chi connectivity index (χ1v) is 5.20. The van der Waals surface area contributed by atoms with E-state index in [0.29, 0.717) is 16.1 Å². The van der Waals surface area contributed by atoms with Crippen molar-refractivity contribution in [3.05, 3.63) is 51.9 Å². The number of hydrogen-bond acceptors (Lipinski definition) is 2. The Morgan fingerprint density at radius 1 is 1.12 bits per heavy atom. The zero-order valence-electron chi connectivity index (χ0n) is 8.20. The van der Waals surface area contributed by atoms with E-state index in [4.69, 9.17) is 11.6 Å². The molecule has 3 nitrogen and oxygen atoms in total. The molecule has 4 heteroatoms. The van der Waals surface area contributed by atoms with E-state index in [1.807, 2.05) is 18.2 Å². The number of aromatic amines is 1. The van der Waals surface area contributed by atoms with Crippen LogP contribution in [0.4, 0.5) is 0 Å². The summed E-state index contributed by atoms with van der Waals surface area (Å²) < 4.78 is 0. The zero-order valence-corrected chi connectivity index (χ0v) is 8.95. The van der Waals surface area contributed by atoms with Crippen LogP contribution in [-0.2, 0) is 0 Å². The van der Waals surface area contributed by atoms with Crippen LogP contribution < -0.4 is 5.56 Å². The summed E-state index contributed by atoms with van der Waals surface area (Å²) >= 11 is 5.87. The molecule has 0 aliphatic rings. The maximum absolute atomic E-state index is 11.8. The lowest BCUT2D eigenvalue weighted by molar-refractivity contribution is 1.26. The molecule has 1 N–H and O–H groups in total. The van der Waals surface area contributed by atoms with Gasteiger partial charge in [0.15, 0.2) is 0 Å². The summed E-state index contributed by atoms with van der Waals surface area (Å²) in [4.78, 5) is 18.7. The number of pyridine rings is 2. The first-order chi connectivity index (χ1) is 7.75. The minimum absolute atomic E-state index is 0.163. The van der Waals surface area contributed by atoms with Crippen molar-refractivity contribution in [1.82, 2.24) is 9.97 Å².